The van der Waals surface area contributed by atoms with E-state index in [1.165, 1.54) is 6.92 Å². The number of hydrogen-bond acceptors (Lipinski definition) is 13. The SMILES string of the molecule is CN[C@@H]1[C@@H](O)[C@@H](O[C@@H]2[C@@H](O)[C@@H]([C@H]3OC(CNCCCN)=CC[C@H]3N)[C@@H](N)C[C@H]2NC(=O)CO)OC[C@]1(C)O. The van der Waals surface area contributed by atoms with Gasteiger partial charge in [-0.2, -0.15) is 0 Å². The van der Waals surface area contributed by atoms with Crippen LogP contribution in [0.5, 0.6) is 0 Å². The van der Waals surface area contributed by atoms with Crippen LogP contribution in [0, 0.1) is 5.92 Å². The zero-order valence-electron chi connectivity index (χ0n) is 22.2. The number of ether oxygens (including phenoxy) is 3. The van der Waals surface area contributed by atoms with Crippen LogP contribution < -0.4 is 33.2 Å². The van der Waals surface area contributed by atoms with E-state index in [1.807, 2.05) is 6.08 Å². The molecule has 11 atom stereocenters. The summed E-state index contributed by atoms with van der Waals surface area (Å²) in [6.07, 6.45) is -2.06. The third kappa shape index (κ3) is 7.20. The van der Waals surface area contributed by atoms with E-state index in [1.54, 1.807) is 7.05 Å². The van der Waals surface area contributed by atoms with Crippen LogP contribution in [0.2, 0.25) is 0 Å². The third-order valence-corrected chi connectivity index (χ3v) is 7.63. The first kappa shape index (κ1) is 31.1. The first-order valence-electron chi connectivity index (χ1n) is 13.2. The first-order chi connectivity index (χ1) is 18.0. The maximum Gasteiger partial charge on any atom is 0.246 e. The Hall–Kier alpha value is -1.43. The van der Waals surface area contributed by atoms with E-state index < -0.39 is 78.9 Å². The molecule has 3 aliphatic rings. The molecule has 38 heavy (non-hydrogen) atoms. The molecule has 2 fully saturated rings. The minimum absolute atomic E-state index is 0.137. The second kappa shape index (κ2) is 13.8. The van der Waals surface area contributed by atoms with Gasteiger partial charge in [0, 0.05) is 18.0 Å². The molecule has 0 spiro atoms. The number of amides is 1. The number of aliphatic hydroxyl groups excluding tert-OH is 3. The Bertz CT molecular complexity index is 804. The summed E-state index contributed by atoms with van der Waals surface area (Å²) < 4.78 is 17.9. The topological polar surface area (TPSA) is 240 Å². The molecule has 0 bridgehead atoms. The minimum atomic E-state index is -1.36. The van der Waals surface area contributed by atoms with Gasteiger partial charge in [0.1, 0.15) is 36.3 Å². The minimum Gasteiger partial charge on any atom is -0.492 e. The van der Waals surface area contributed by atoms with Crippen LogP contribution in [-0.2, 0) is 19.0 Å². The monoisotopic (exact) mass is 546 g/mol. The second-order valence-electron chi connectivity index (χ2n) is 10.7. The number of nitrogens with two attached hydrogens (primary N) is 3. The zero-order valence-corrected chi connectivity index (χ0v) is 22.2. The van der Waals surface area contributed by atoms with Gasteiger partial charge in [0.2, 0.25) is 5.91 Å². The number of carbonyl (C=O) groups is 1. The summed E-state index contributed by atoms with van der Waals surface area (Å²) in [5, 5.41) is 51.1. The molecule has 220 valence electrons. The maximum atomic E-state index is 12.1. The highest BCUT2D eigenvalue weighted by Gasteiger charge is 2.53. The number of rotatable bonds is 11. The molecular formula is C24H46N6O8. The third-order valence-electron chi connectivity index (χ3n) is 7.63. The van der Waals surface area contributed by atoms with Crippen molar-refractivity contribution >= 4 is 5.91 Å². The molecule has 1 amide bonds. The number of hydrogen-bond donors (Lipinski definition) is 10. The van der Waals surface area contributed by atoms with Gasteiger partial charge in [0.05, 0.1) is 31.3 Å². The van der Waals surface area contributed by atoms with Gasteiger partial charge in [-0.05, 0) is 52.4 Å². The zero-order chi connectivity index (χ0) is 28.0. The van der Waals surface area contributed by atoms with Crippen molar-refractivity contribution in [1.29, 1.82) is 0 Å². The normalized spacial score (nSPS) is 41.8. The molecular weight excluding hydrogens is 500 g/mol. The first-order valence-corrected chi connectivity index (χ1v) is 13.2. The van der Waals surface area contributed by atoms with Crippen molar-refractivity contribution in [2.24, 2.45) is 23.1 Å². The molecule has 0 aromatic heterocycles. The Labute approximate surface area is 223 Å². The van der Waals surface area contributed by atoms with E-state index in [4.69, 9.17) is 31.4 Å². The highest BCUT2D eigenvalue weighted by Crippen LogP contribution is 2.36. The molecule has 1 saturated carbocycles. The smallest absolute Gasteiger partial charge is 0.246 e. The fraction of sp³-hybridized carbons (Fsp3) is 0.875. The molecule has 0 aromatic carbocycles. The molecule has 14 heteroatoms. The molecule has 1 aliphatic carbocycles. The van der Waals surface area contributed by atoms with Crippen LogP contribution in [0.4, 0.5) is 0 Å². The van der Waals surface area contributed by atoms with Crippen molar-refractivity contribution in [2.75, 3.05) is 39.9 Å². The van der Waals surface area contributed by atoms with Crippen LogP contribution >= 0.6 is 0 Å². The van der Waals surface area contributed by atoms with Crippen molar-refractivity contribution in [3.05, 3.63) is 11.8 Å². The standard InChI is InChI=1S/C24H46N6O8/c1-24(35)11-36-23(19(34)22(24)28-2)38-21-15(30-16(32)10-31)8-14(27)17(18(21)33)20-13(26)5-4-12(37-20)9-29-7-3-6-25/h4,13-15,17-23,28-29,31,33-35H,3,5-11,25-27H2,1-2H3,(H,30,32)/t13-,14+,15-,17+,18+,19-,20+,21+,22-,23-,24+/m1/s1. The number of likely N-dealkylation sites (N-methyl/N-ethyl adjacent to an activating group) is 1. The molecule has 2 heterocycles. The Morgan fingerprint density at radius 3 is 2.66 bits per heavy atom. The summed E-state index contributed by atoms with van der Waals surface area (Å²) in [6.45, 7) is 2.41. The highest BCUT2D eigenvalue weighted by molar-refractivity contribution is 5.77. The van der Waals surface area contributed by atoms with Gasteiger partial charge in [-0.15, -0.1) is 0 Å². The lowest BCUT2D eigenvalue weighted by Gasteiger charge is -2.50. The van der Waals surface area contributed by atoms with Crippen molar-refractivity contribution in [3.8, 4) is 0 Å². The van der Waals surface area contributed by atoms with Crippen molar-refractivity contribution in [1.82, 2.24) is 16.0 Å². The summed E-state index contributed by atoms with van der Waals surface area (Å²) in [4.78, 5) is 12.1. The molecule has 0 radical (unpaired) electrons. The Kier molecular flexibility index (Phi) is 11.3. The van der Waals surface area contributed by atoms with Crippen molar-refractivity contribution in [2.45, 2.75) is 86.7 Å². The lowest BCUT2D eigenvalue weighted by Crippen LogP contribution is -2.69. The van der Waals surface area contributed by atoms with Crippen molar-refractivity contribution in [3.63, 3.8) is 0 Å². The average Bonchev–Trinajstić information content (AvgIpc) is 2.87. The fourth-order valence-electron chi connectivity index (χ4n) is 5.65. The molecule has 14 nitrogen and oxygen atoms in total. The van der Waals surface area contributed by atoms with Gasteiger partial charge in [-0.25, -0.2) is 0 Å². The molecule has 3 rings (SSSR count). The summed E-state index contributed by atoms with van der Waals surface area (Å²) in [6, 6.07) is -2.65. The van der Waals surface area contributed by atoms with E-state index in [-0.39, 0.29) is 13.0 Å². The van der Waals surface area contributed by atoms with E-state index in [0.717, 1.165) is 13.0 Å². The molecule has 0 unspecified atom stereocenters. The Morgan fingerprint density at radius 1 is 1.26 bits per heavy atom. The summed E-state index contributed by atoms with van der Waals surface area (Å²) in [5.74, 6) is -0.651. The van der Waals surface area contributed by atoms with Gasteiger partial charge in [-0.3, -0.25) is 4.79 Å². The van der Waals surface area contributed by atoms with Gasteiger partial charge >= 0.3 is 0 Å². The summed E-state index contributed by atoms with van der Waals surface area (Å²) >= 11 is 0. The lowest BCUT2D eigenvalue weighted by molar-refractivity contribution is -0.297. The maximum absolute atomic E-state index is 12.1. The number of aliphatic hydroxyl groups is 4. The predicted molar refractivity (Wildman–Crippen MR) is 137 cm³/mol. The van der Waals surface area contributed by atoms with E-state index >= 15 is 0 Å². The number of nitrogens with one attached hydrogen (secondary N) is 3. The molecule has 13 N–H and O–H groups in total. The van der Waals surface area contributed by atoms with Crippen LogP contribution in [0.25, 0.3) is 0 Å². The fourth-order valence-corrected chi connectivity index (χ4v) is 5.65. The Balaban J connectivity index is 1.80. The van der Waals surface area contributed by atoms with Gasteiger partial charge in [0.25, 0.3) is 0 Å². The molecule has 2 aliphatic heterocycles. The van der Waals surface area contributed by atoms with Gasteiger partial charge in [0.15, 0.2) is 6.29 Å². The van der Waals surface area contributed by atoms with E-state index in [9.17, 15) is 25.2 Å². The van der Waals surface area contributed by atoms with E-state index in [2.05, 4.69) is 16.0 Å². The second-order valence-corrected chi connectivity index (χ2v) is 10.7. The Morgan fingerprint density at radius 2 is 2.00 bits per heavy atom. The van der Waals surface area contributed by atoms with Crippen LogP contribution in [0.15, 0.2) is 11.8 Å². The van der Waals surface area contributed by atoms with Crippen LogP contribution in [0.1, 0.15) is 26.2 Å². The largest absolute Gasteiger partial charge is 0.492 e. The highest BCUT2D eigenvalue weighted by atomic mass is 16.7. The lowest BCUT2D eigenvalue weighted by atomic mass is 9.72. The molecule has 1 saturated heterocycles. The van der Waals surface area contributed by atoms with Crippen molar-refractivity contribution < 1.29 is 39.4 Å². The quantitative estimate of drug-likeness (QED) is 0.110. The average molecular weight is 547 g/mol. The summed E-state index contributed by atoms with van der Waals surface area (Å²) in [5.41, 5.74) is 17.1. The summed E-state index contributed by atoms with van der Waals surface area (Å²) in [7, 11) is 1.59. The van der Waals surface area contributed by atoms with E-state index in [0.29, 0.717) is 25.3 Å². The van der Waals surface area contributed by atoms with Gasteiger partial charge in [-0.1, -0.05) is 0 Å². The van der Waals surface area contributed by atoms with Crippen LogP contribution in [0.3, 0.4) is 0 Å². The van der Waals surface area contributed by atoms with Gasteiger partial charge < -0.3 is 67.8 Å². The predicted octanol–water partition coefficient (Wildman–Crippen LogP) is -4.45. The molecule has 0 aromatic rings. The number of carbonyl (C=O) groups excluding carboxylic acids is 1. The van der Waals surface area contributed by atoms with Crippen LogP contribution in [-0.4, -0.2) is 127 Å².